The Morgan fingerprint density at radius 3 is 2.60 bits per heavy atom. The van der Waals surface area contributed by atoms with E-state index in [1.54, 1.807) is 0 Å². The smallest absolute Gasteiger partial charge is 0.0800 e. The molecule has 0 saturated heterocycles. The van der Waals surface area contributed by atoms with Crippen molar-refractivity contribution >= 4 is 0 Å². The average Bonchev–Trinajstić information content (AvgIpc) is 2.23. The topological polar surface area (TPSA) is 35.2 Å². The molecule has 1 aromatic rings. The molecule has 1 aromatic carbocycles. The zero-order valence-electron chi connectivity index (χ0n) is 9.23. The van der Waals surface area contributed by atoms with Crippen molar-refractivity contribution in [2.45, 2.75) is 32.0 Å². The average molecular weight is 205 g/mol. The molecule has 0 amide bonds. The van der Waals surface area contributed by atoms with Gasteiger partial charge in [0.05, 0.1) is 12.2 Å². The fourth-order valence-electron chi connectivity index (χ4n) is 2.07. The van der Waals surface area contributed by atoms with E-state index in [0.717, 1.165) is 19.4 Å². The lowest BCUT2D eigenvalue weighted by Gasteiger charge is -2.36. The SMILES string of the molecule is CC(OC1CC(CN)C1)c1ccccc1. The van der Waals surface area contributed by atoms with Gasteiger partial charge in [-0.25, -0.2) is 0 Å². The predicted molar refractivity (Wildman–Crippen MR) is 61.5 cm³/mol. The van der Waals surface area contributed by atoms with E-state index in [2.05, 4.69) is 31.2 Å². The van der Waals surface area contributed by atoms with Gasteiger partial charge >= 0.3 is 0 Å². The van der Waals surface area contributed by atoms with Crippen LogP contribution in [0, 0.1) is 5.92 Å². The van der Waals surface area contributed by atoms with Gasteiger partial charge in [-0.15, -0.1) is 0 Å². The summed E-state index contributed by atoms with van der Waals surface area (Å²) in [7, 11) is 0. The van der Waals surface area contributed by atoms with Crippen molar-refractivity contribution in [1.82, 2.24) is 0 Å². The van der Waals surface area contributed by atoms with Crippen LogP contribution >= 0.6 is 0 Å². The monoisotopic (exact) mass is 205 g/mol. The van der Waals surface area contributed by atoms with Crippen molar-refractivity contribution < 1.29 is 4.74 Å². The Kier molecular flexibility index (Phi) is 3.39. The molecule has 1 aliphatic carbocycles. The normalized spacial score (nSPS) is 27.1. The minimum atomic E-state index is 0.204. The van der Waals surface area contributed by atoms with Crippen molar-refractivity contribution in [1.29, 1.82) is 0 Å². The lowest BCUT2D eigenvalue weighted by Crippen LogP contribution is -2.36. The number of hydrogen-bond acceptors (Lipinski definition) is 2. The Bertz CT molecular complexity index is 293. The zero-order valence-corrected chi connectivity index (χ0v) is 9.23. The molecule has 1 aliphatic rings. The van der Waals surface area contributed by atoms with Crippen LogP contribution in [0.1, 0.15) is 31.4 Å². The second-order valence-electron chi connectivity index (χ2n) is 4.38. The first-order valence-electron chi connectivity index (χ1n) is 5.70. The predicted octanol–water partition coefficient (Wildman–Crippen LogP) is 2.50. The molecule has 1 saturated carbocycles. The molecule has 1 fully saturated rings. The fraction of sp³-hybridized carbons (Fsp3) is 0.538. The van der Waals surface area contributed by atoms with E-state index in [0.29, 0.717) is 12.0 Å². The van der Waals surface area contributed by atoms with Gasteiger partial charge in [0, 0.05) is 0 Å². The number of rotatable bonds is 4. The third kappa shape index (κ3) is 2.58. The molecule has 0 heterocycles. The van der Waals surface area contributed by atoms with Crippen LogP contribution in [-0.4, -0.2) is 12.6 Å². The van der Waals surface area contributed by atoms with Crippen LogP contribution in [0.15, 0.2) is 30.3 Å². The summed E-state index contributed by atoms with van der Waals surface area (Å²) in [6, 6.07) is 10.4. The summed E-state index contributed by atoms with van der Waals surface area (Å²) in [6.07, 6.45) is 2.89. The van der Waals surface area contributed by atoms with Crippen molar-refractivity contribution in [3.05, 3.63) is 35.9 Å². The van der Waals surface area contributed by atoms with Crippen LogP contribution in [-0.2, 0) is 4.74 Å². The minimum absolute atomic E-state index is 0.204. The first-order valence-corrected chi connectivity index (χ1v) is 5.70. The van der Waals surface area contributed by atoms with E-state index in [-0.39, 0.29) is 6.10 Å². The molecule has 1 unspecified atom stereocenters. The number of ether oxygens (including phenoxy) is 1. The maximum absolute atomic E-state index is 5.95. The Balaban J connectivity index is 1.81. The molecular formula is C13H19NO. The molecule has 1 atom stereocenters. The summed E-state index contributed by atoms with van der Waals surface area (Å²) in [5.74, 6) is 0.693. The summed E-state index contributed by atoms with van der Waals surface area (Å²) in [5.41, 5.74) is 6.84. The molecule has 0 aromatic heterocycles. The summed E-state index contributed by atoms with van der Waals surface area (Å²) in [4.78, 5) is 0. The molecule has 2 heteroatoms. The Morgan fingerprint density at radius 2 is 2.00 bits per heavy atom. The van der Waals surface area contributed by atoms with Gasteiger partial charge in [-0.3, -0.25) is 0 Å². The maximum atomic E-state index is 5.95. The largest absolute Gasteiger partial charge is 0.371 e. The molecule has 82 valence electrons. The van der Waals surface area contributed by atoms with Crippen LogP contribution < -0.4 is 5.73 Å². The second kappa shape index (κ2) is 4.77. The summed E-state index contributed by atoms with van der Waals surface area (Å²) in [5, 5.41) is 0. The highest BCUT2D eigenvalue weighted by molar-refractivity contribution is 5.16. The van der Waals surface area contributed by atoms with Crippen molar-refractivity contribution in [2.24, 2.45) is 11.7 Å². The van der Waals surface area contributed by atoms with Crippen LogP contribution in [0.25, 0.3) is 0 Å². The van der Waals surface area contributed by atoms with E-state index in [1.165, 1.54) is 5.56 Å². The van der Waals surface area contributed by atoms with Gasteiger partial charge in [0.1, 0.15) is 0 Å². The number of hydrogen-bond donors (Lipinski definition) is 1. The van der Waals surface area contributed by atoms with Crippen molar-refractivity contribution in [2.75, 3.05) is 6.54 Å². The highest BCUT2D eigenvalue weighted by atomic mass is 16.5. The van der Waals surface area contributed by atoms with Gasteiger partial charge in [-0.05, 0) is 37.8 Å². The van der Waals surface area contributed by atoms with Gasteiger partial charge < -0.3 is 10.5 Å². The van der Waals surface area contributed by atoms with Gasteiger partial charge in [-0.2, -0.15) is 0 Å². The second-order valence-corrected chi connectivity index (χ2v) is 4.38. The molecule has 0 spiro atoms. The van der Waals surface area contributed by atoms with E-state index >= 15 is 0 Å². The zero-order chi connectivity index (χ0) is 10.7. The standard InChI is InChI=1S/C13H19NO/c1-10(12-5-3-2-4-6-12)15-13-7-11(8-13)9-14/h2-6,10-11,13H,7-9,14H2,1H3. The van der Waals surface area contributed by atoms with Gasteiger partial charge in [-0.1, -0.05) is 30.3 Å². The van der Waals surface area contributed by atoms with Crippen molar-refractivity contribution in [3.8, 4) is 0 Å². The molecule has 2 rings (SSSR count). The third-order valence-electron chi connectivity index (χ3n) is 3.19. The molecule has 2 nitrogen and oxygen atoms in total. The van der Waals surface area contributed by atoms with Crippen molar-refractivity contribution in [3.63, 3.8) is 0 Å². The first kappa shape index (κ1) is 10.7. The minimum Gasteiger partial charge on any atom is -0.371 e. The van der Waals surface area contributed by atoms with Crippen LogP contribution in [0.3, 0.4) is 0 Å². The number of benzene rings is 1. The molecule has 15 heavy (non-hydrogen) atoms. The number of nitrogens with two attached hydrogens (primary N) is 1. The quantitative estimate of drug-likeness (QED) is 0.819. The fourth-order valence-corrected chi connectivity index (χ4v) is 2.07. The Hall–Kier alpha value is -0.860. The van der Waals surface area contributed by atoms with E-state index in [9.17, 15) is 0 Å². The highest BCUT2D eigenvalue weighted by Gasteiger charge is 2.29. The van der Waals surface area contributed by atoms with Crippen LogP contribution in [0.4, 0.5) is 0 Å². The molecule has 0 bridgehead atoms. The van der Waals surface area contributed by atoms with Gasteiger partial charge in [0.15, 0.2) is 0 Å². The molecule has 0 aliphatic heterocycles. The van der Waals surface area contributed by atoms with Crippen LogP contribution in [0.2, 0.25) is 0 Å². The third-order valence-corrected chi connectivity index (χ3v) is 3.19. The Morgan fingerprint density at radius 1 is 1.33 bits per heavy atom. The lowest BCUT2D eigenvalue weighted by atomic mass is 9.82. The van der Waals surface area contributed by atoms with Crippen LogP contribution in [0.5, 0.6) is 0 Å². The summed E-state index contributed by atoms with van der Waals surface area (Å²) >= 11 is 0. The van der Waals surface area contributed by atoms with Gasteiger partial charge in [0.25, 0.3) is 0 Å². The van der Waals surface area contributed by atoms with E-state index in [4.69, 9.17) is 10.5 Å². The Labute approximate surface area is 91.4 Å². The summed E-state index contributed by atoms with van der Waals surface area (Å²) < 4.78 is 5.95. The summed E-state index contributed by atoms with van der Waals surface area (Å²) in [6.45, 7) is 2.92. The maximum Gasteiger partial charge on any atom is 0.0800 e. The molecule has 0 radical (unpaired) electrons. The van der Waals surface area contributed by atoms with Gasteiger partial charge in [0.2, 0.25) is 0 Å². The molecular weight excluding hydrogens is 186 g/mol. The van der Waals surface area contributed by atoms with E-state index in [1.807, 2.05) is 6.07 Å². The molecule has 2 N–H and O–H groups in total. The highest BCUT2D eigenvalue weighted by Crippen LogP contribution is 2.32. The lowest BCUT2D eigenvalue weighted by molar-refractivity contribution is -0.0683. The first-order chi connectivity index (χ1) is 7.29. The van der Waals surface area contributed by atoms with E-state index < -0.39 is 0 Å².